The molecule has 2 atom stereocenters. The highest BCUT2D eigenvalue weighted by Gasteiger charge is 2.52. The lowest BCUT2D eigenvalue weighted by Crippen LogP contribution is -2.60. The average Bonchev–Trinajstić information content (AvgIpc) is 3.13. The molecule has 3 aromatic carbocycles. The summed E-state index contributed by atoms with van der Waals surface area (Å²) in [5.74, 6) is -16.6. The maximum absolute atomic E-state index is 14.0. The van der Waals surface area contributed by atoms with Crippen LogP contribution in [-0.4, -0.2) is 52.3 Å². The Morgan fingerprint density at radius 1 is 0.911 bits per heavy atom. The van der Waals surface area contributed by atoms with E-state index in [2.05, 4.69) is 38.6 Å². The normalized spacial score (nSPS) is 15.5. The highest BCUT2D eigenvalue weighted by Crippen LogP contribution is 2.43. The van der Waals surface area contributed by atoms with Gasteiger partial charge in [-0.2, -0.15) is 8.78 Å². The highest BCUT2D eigenvalue weighted by molar-refractivity contribution is 8.23. The summed E-state index contributed by atoms with van der Waals surface area (Å²) in [7, 11) is -2.18. The molecule has 0 bridgehead atoms. The van der Waals surface area contributed by atoms with Crippen LogP contribution in [0.25, 0.3) is 0 Å². The molecule has 0 radical (unpaired) electrons. The zero-order valence-electron chi connectivity index (χ0n) is 31.2. The fraction of sp³-hybridized carbons (Fsp3) is 0.351. The van der Waals surface area contributed by atoms with E-state index in [4.69, 9.17) is 26.1 Å². The number of nitro groups is 1. The number of rotatable bonds is 13. The fourth-order valence-electron chi connectivity index (χ4n) is 5.00. The number of likely N-dealkylation sites (tertiary alicyclic amines) is 1. The predicted molar refractivity (Wildman–Crippen MR) is 202 cm³/mol. The van der Waals surface area contributed by atoms with Gasteiger partial charge in [0.05, 0.1) is 16.4 Å². The summed E-state index contributed by atoms with van der Waals surface area (Å²) in [6.45, 7) is 13.7. The molecule has 0 spiro atoms. The average molecular weight is 841 g/mol. The monoisotopic (exact) mass is 840 g/mol. The molecule has 0 aromatic heterocycles. The minimum Gasteiger partial charge on any atom is -0.456 e. The lowest BCUT2D eigenvalue weighted by atomic mass is 9.93. The van der Waals surface area contributed by atoms with Crippen molar-refractivity contribution >= 4 is 60.2 Å². The number of thiocarbonyl (C=S) groups is 1. The first-order chi connectivity index (χ1) is 26.0. The number of amides is 1. The number of nitro benzene ring substituents is 1. The van der Waals surface area contributed by atoms with Gasteiger partial charge in [-0.25, -0.2) is 22.8 Å². The number of thioether (sulfide) groups is 1. The summed E-state index contributed by atoms with van der Waals surface area (Å²) in [6, 6.07) is 10.1. The first-order valence-electron chi connectivity index (χ1n) is 16.8. The number of carbonyl (C=O) groups is 3. The van der Waals surface area contributed by atoms with Gasteiger partial charge in [-0.1, -0.05) is 20.8 Å². The van der Waals surface area contributed by atoms with E-state index in [-0.39, 0.29) is 57.7 Å². The standard InChI is InChI=1S/C37H37F5N2O9S2Si/c1-19(2)30(35(47)50-18-20-8-12-22(13-9-20)44(48)49)43-32(45)24(16-17-51-56(6,7)37(3,4)5)33(43)55-36(54)52-23-14-10-21(11-15-23)34(46)53-31-28(41)26(39)25(38)27(40)29(31)42/h8-15,24,33H,16-18H2,1-7H3/t24-,33+/m0/s1. The van der Waals surface area contributed by atoms with Gasteiger partial charge in [0.1, 0.15) is 23.4 Å². The van der Waals surface area contributed by atoms with E-state index in [1.807, 2.05) is 0 Å². The molecule has 4 rings (SSSR count). The molecular weight excluding hydrogens is 804 g/mol. The summed E-state index contributed by atoms with van der Waals surface area (Å²) in [5.41, 5.74) is 0.425. The maximum atomic E-state index is 14.0. The number of benzene rings is 3. The number of hydrogen-bond acceptors (Lipinski definition) is 11. The predicted octanol–water partition coefficient (Wildman–Crippen LogP) is 9.14. The Bertz CT molecular complexity index is 2040. The summed E-state index contributed by atoms with van der Waals surface area (Å²) < 4.78 is 90.6. The lowest BCUT2D eigenvalue weighted by Gasteiger charge is -2.47. The van der Waals surface area contributed by atoms with Crippen molar-refractivity contribution in [1.82, 2.24) is 4.90 Å². The van der Waals surface area contributed by atoms with Gasteiger partial charge in [-0.15, -0.1) is 0 Å². The van der Waals surface area contributed by atoms with Crippen molar-refractivity contribution in [2.24, 2.45) is 5.92 Å². The van der Waals surface area contributed by atoms with Crippen molar-refractivity contribution in [3.8, 4) is 11.5 Å². The van der Waals surface area contributed by atoms with Crippen molar-refractivity contribution < 1.29 is 59.9 Å². The van der Waals surface area contributed by atoms with Crippen LogP contribution >= 0.6 is 24.0 Å². The van der Waals surface area contributed by atoms with Gasteiger partial charge < -0.3 is 18.6 Å². The van der Waals surface area contributed by atoms with Crippen molar-refractivity contribution in [3.63, 3.8) is 0 Å². The third-order valence-electron chi connectivity index (χ3n) is 9.15. The largest absolute Gasteiger partial charge is 0.456 e. The second-order valence-electron chi connectivity index (χ2n) is 14.2. The van der Waals surface area contributed by atoms with Crippen LogP contribution in [0.1, 0.15) is 57.0 Å². The summed E-state index contributed by atoms with van der Waals surface area (Å²) >= 11 is 6.45. The molecule has 1 aliphatic heterocycles. The van der Waals surface area contributed by atoms with Gasteiger partial charge in [0, 0.05) is 18.7 Å². The van der Waals surface area contributed by atoms with Crippen LogP contribution in [0.4, 0.5) is 27.6 Å². The Morgan fingerprint density at radius 3 is 1.98 bits per heavy atom. The van der Waals surface area contributed by atoms with Crippen LogP contribution in [0.5, 0.6) is 11.5 Å². The molecule has 56 heavy (non-hydrogen) atoms. The van der Waals surface area contributed by atoms with Gasteiger partial charge >= 0.3 is 11.9 Å². The molecule has 11 nitrogen and oxygen atoms in total. The smallest absolute Gasteiger partial charge is 0.355 e. The summed E-state index contributed by atoms with van der Waals surface area (Å²) in [4.78, 5) is 51.5. The second kappa shape index (κ2) is 17.6. The van der Waals surface area contributed by atoms with Gasteiger partial charge in [0.25, 0.3) is 5.69 Å². The van der Waals surface area contributed by atoms with E-state index in [9.17, 15) is 46.5 Å². The lowest BCUT2D eigenvalue weighted by molar-refractivity contribution is -0.384. The number of hydrogen-bond donors (Lipinski definition) is 0. The summed E-state index contributed by atoms with van der Waals surface area (Å²) in [5, 5.41) is 10.2. The van der Waals surface area contributed by atoms with E-state index >= 15 is 0 Å². The molecular formula is C37H37F5N2O9S2Si. The van der Waals surface area contributed by atoms with Gasteiger partial charge in [-0.05, 0) is 110 Å². The number of esters is 2. The Labute approximate surface area is 329 Å². The van der Waals surface area contributed by atoms with Crippen LogP contribution in [0.3, 0.4) is 0 Å². The molecule has 0 aliphatic carbocycles. The molecule has 300 valence electrons. The zero-order valence-corrected chi connectivity index (χ0v) is 33.8. The molecule has 0 unspecified atom stereocenters. The first kappa shape index (κ1) is 44.0. The Balaban J connectivity index is 1.50. The van der Waals surface area contributed by atoms with E-state index in [1.54, 1.807) is 13.8 Å². The van der Waals surface area contributed by atoms with Crippen molar-refractivity contribution in [2.75, 3.05) is 6.61 Å². The van der Waals surface area contributed by atoms with E-state index < -0.39 is 71.3 Å². The minimum absolute atomic E-state index is 0.0320. The molecule has 3 aromatic rings. The second-order valence-corrected chi connectivity index (χ2v) is 20.8. The molecule has 1 saturated heterocycles. The number of nitrogens with zero attached hydrogens (tertiary/aromatic N) is 2. The van der Waals surface area contributed by atoms with Crippen molar-refractivity contribution in [2.45, 2.75) is 71.2 Å². The Hall–Kier alpha value is -4.72. The molecule has 1 fully saturated rings. The number of ether oxygens (including phenoxy) is 3. The number of β-lactam (4-membered cyclic amide) rings is 1. The van der Waals surface area contributed by atoms with Crippen molar-refractivity contribution in [1.29, 1.82) is 0 Å². The third kappa shape index (κ3) is 9.80. The van der Waals surface area contributed by atoms with E-state index in [0.29, 0.717) is 11.1 Å². The Morgan fingerprint density at radius 2 is 1.46 bits per heavy atom. The van der Waals surface area contributed by atoms with Gasteiger partial charge in [-0.3, -0.25) is 19.8 Å². The van der Waals surface area contributed by atoms with Crippen molar-refractivity contribution in [3.05, 3.63) is 110 Å². The van der Waals surface area contributed by atoms with Crippen LogP contribution in [0.15, 0.2) is 59.8 Å². The third-order valence-corrected chi connectivity index (χ3v) is 15.1. The maximum Gasteiger partial charge on any atom is 0.355 e. The number of carbonyl (C=O) groups excluding carboxylic acids is 3. The van der Waals surface area contributed by atoms with Gasteiger partial charge in [0.2, 0.25) is 45.1 Å². The molecule has 1 amide bonds. The fourth-order valence-corrected chi connectivity index (χ4v) is 7.52. The zero-order chi connectivity index (χ0) is 41.9. The van der Waals surface area contributed by atoms with E-state index in [1.165, 1.54) is 41.3 Å². The molecule has 1 heterocycles. The molecule has 0 N–H and O–H groups in total. The summed E-state index contributed by atoms with van der Waals surface area (Å²) in [6.07, 6.45) is 0.288. The minimum atomic E-state index is -2.41. The first-order valence-corrected chi connectivity index (χ1v) is 21.0. The molecule has 19 heteroatoms. The Kier molecular flexibility index (Phi) is 13.8. The topological polar surface area (TPSA) is 135 Å². The van der Waals surface area contributed by atoms with Crippen LogP contribution in [-0.2, 0) is 25.4 Å². The quantitative estimate of drug-likeness (QED) is 0.0139. The van der Waals surface area contributed by atoms with E-state index in [0.717, 1.165) is 23.9 Å². The molecule has 1 aliphatic rings. The molecule has 0 saturated carbocycles. The number of halogens is 5. The SMILES string of the molecule is CC(C)=C(C(=O)OCc1ccc([N+](=O)[O-])cc1)N1C(=O)[C@H](CCO[Si](C)(C)C(C)(C)C)[C@H]1SC(=S)Oc1ccc(C(=O)Oc2c(F)c(F)c(F)c(F)c2F)cc1. The number of non-ortho nitro benzene ring substituents is 1. The van der Waals surface area contributed by atoms with Crippen LogP contribution < -0.4 is 9.47 Å². The van der Waals surface area contributed by atoms with Gasteiger partial charge in [0.15, 0.2) is 8.32 Å². The van der Waals surface area contributed by atoms with Crippen LogP contribution in [0.2, 0.25) is 18.1 Å². The highest BCUT2D eigenvalue weighted by atomic mass is 32.2. The van der Waals surface area contributed by atoms with Crippen LogP contribution in [0, 0.1) is 45.1 Å². The number of allylic oxidation sites excluding steroid dienone is 1.